The molecule has 4 nitrogen and oxygen atoms in total. The summed E-state index contributed by atoms with van der Waals surface area (Å²) in [6.07, 6.45) is 2.71. The number of aryl methyl sites for hydroxylation is 2. The summed E-state index contributed by atoms with van der Waals surface area (Å²) in [7, 11) is 0. The molecule has 5 rings (SSSR count). The van der Waals surface area contributed by atoms with Gasteiger partial charge in [0, 0.05) is 18.1 Å². The number of rotatable bonds is 4. The quantitative estimate of drug-likeness (QED) is 0.464. The van der Waals surface area contributed by atoms with Gasteiger partial charge in [0.1, 0.15) is 18.2 Å². The van der Waals surface area contributed by atoms with E-state index < -0.39 is 0 Å². The standard InChI is InChI=1S/C27H24ClNO3/c1-17-3-5-20(6-4-17)14-24-26(30)25-18(2)13-23-22(27(25)32-24)15-29(16-31-23)12-11-19-7-9-21(28)10-8-19/h3-10,13-14H,11-12,15-16H2,1-2H3/b24-14+. The van der Waals surface area contributed by atoms with Gasteiger partial charge >= 0.3 is 0 Å². The van der Waals surface area contributed by atoms with E-state index in [0.717, 1.165) is 40.4 Å². The third-order valence-corrected chi connectivity index (χ3v) is 6.24. The lowest BCUT2D eigenvalue weighted by Crippen LogP contribution is -2.33. The largest absolute Gasteiger partial charge is 0.478 e. The normalized spacial score (nSPS) is 16.5. The Morgan fingerprint density at radius 1 is 1.06 bits per heavy atom. The van der Waals surface area contributed by atoms with Crippen LogP contribution in [0.15, 0.2) is 60.4 Å². The van der Waals surface area contributed by atoms with E-state index in [1.807, 2.05) is 74.5 Å². The molecule has 0 N–H and O–H groups in total. The van der Waals surface area contributed by atoms with Gasteiger partial charge in [0.15, 0.2) is 5.76 Å². The third-order valence-electron chi connectivity index (χ3n) is 5.99. The van der Waals surface area contributed by atoms with Crippen molar-refractivity contribution in [2.45, 2.75) is 26.8 Å². The van der Waals surface area contributed by atoms with E-state index in [0.29, 0.717) is 30.3 Å². The van der Waals surface area contributed by atoms with E-state index in [9.17, 15) is 4.79 Å². The Morgan fingerprint density at radius 2 is 1.81 bits per heavy atom. The molecule has 0 bridgehead atoms. The first kappa shape index (κ1) is 20.8. The zero-order chi connectivity index (χ0) is 22.2. The maximum Gasteiger partial charge on any atom is 0.232 e. The summed E-state index contributed by atoms with van der Waals surface area (Å²) in [5, 5.41) is 0.742. The Bertz CT molecular complexity index is 1210. The lowest BCUT2D eigenvalue weighted by molar-refractivity contribution is 0.0949. The van der Waals surface area contributed by atoms with Crippen LogP contribution in [0.3, 0.4) is 0 Å². The minimum atomic E-state index is -0.0702. The molecule has 0 spiro atoms. The number of ketones is 1. The Labute approximate surface area is 193 Å². The van der Waals surface area contributed by atoms with Crippen molar-refractivity contribution in [2.75, 3.05) is 13.3 Å². The van der Waals surface area contributed by atoms with Crippen LogP contribution in [0.25, 0.3) is 6.08 Å². The fourth-order valence-electron chi connectivity index (χ4n) is 4.17. The van der Waals surface area contributed by atoms with Crippen LogP contribution in [0.4, 0.5) is 0 Å². The molecule has 2 aliphatic heterocycles. The lowest BCUT2D eigenvalue weighted by Gasteiger charge is -2.30. The second kappa shape index (κ2) is 8.45. The van der Waals surface area contributed by atoms with Crippen molar-refractivity contribution in [1.29, 1.82) is 0 Å². The van der Waals surface area contributed by atoms with Gasteiger partial charge < -0.3 is 9.47 Å². The van der Waals surface area contributed by atoms with Crippen molar-refractivity contribution < 1.29 is 14.3 Å². The van der Waals surface area contributed by atoms with Gasteiger partial charge in [-0.1, -0.05) is 53.6 Å². The van der Waals surface area contributed by atoms with E-state index in [1.54, 1.807) is 0 Å². The molecule has 0 saturated carbocycles. The molecule has 32 heavy (non-hydrogen) atoms. The van der Waals surface area contributed by atoms with Gasteiger partial charge in [-0.2, -0.15) is 0 Å². The summed E-state index contributed by atoms with van der Waals surface area (Å²) >= 11 is 5.99. The number of hydrogen-bond donors (Lipinski definition) is 0. The van der Waals surface area contributed by atoms with E-state index in [-0.39, 0.29) is 5.78 Å². The van der Waals surface area contributed by atoms with Crippen molar-refractivity contribution in [3.8, 4) is 11.5 Å². The molecular formula is C27H24ClNO3. The fourth-order valence-corrected chi connectivity index (χ4v) is 4.30. The van der Waals surface area contributed by atoms with Crippen LogP contribution in [-0.2, 0) is 13.0 Å². The maximum absolute atomic E-state index is 13.1. The van der Waals surface area contributed by atoms with Crippen molar-refractivity contribution in [3.05, 3.63) is 98.8 Å². The fraction of sp³-hybridized carbons (Fsp3) is 0.222. The molecular weight excluding hydrogens is 422 g/mol. The first-order valence-electron chi connectivity index (χ1n) is 10.7. The molecule has 0 amide bonds. The van der Waals surface area contributed by atoms with Gasteiger partial charge in [0.25, 0.3) is 0 Å². The monoisotopic (exact) mass is 445 g/mol. The molecule has 5 heteroatoms. The van der Waals surface area contributed by atoms with E-state index >= 15 is 0 Å². The number of benzene rings is 3. The van der Waals surface area contributed by atoms with Gasteiger partial charge in [-0.15, -0.1) is 0 Å². The molecule has 2 heterocycles. The van der Waals surface area contributed by atoms with Crippen molar-refractivity contribution in [3.63, 3.8) is 0 Å². The summed E-state index contributed by atoms with van der Waals surface area (Å²) in [5.74, 6) is 1.73. The zero-order valence-corrected chi connectivity index (χ0v) is 18.9. The molecule has 0 fully saturated rings. The highest BCUT2D eigenvalue weighted by molar-refractivity contribution is 6.30. The van der Waals surface area contributed by atoms with E-state index in [1.165, 1.54) is 11.1 Å². The van der Waals surface area contributed by atoms with Crippen LogP contribution in [0.2, 0.25) is 5.02 Å². The van der Waals surface area contributed by atoms with Crippen molar-refractivity contribution >= 4 is 23.5 Å². The van der Waals surface area contributed by atoms with Crippen LogP contribution in [0.1, 0.15) is 38.2 Å². The van der Waals surface area contributed by atoms with Gasteiger partial charge in [0.05, 0.1) is 11.1 Å². The minimum absolute atomic E-state index is 0.0702. The molecule has 0 unspecified atom stereocenters. The summed E-state index contributed by atoms with van der Waals surface area (Å²) in [4.78, 5) is 15.4. The Morgan fingerprint density at radius 3 is 2.56 bits per heavy atom. The predicted molar refractivity (Wildman–Crippen MR) is 126 cm³/mol. The number of ether oxygens (including phenoxy) is 2. The summed E-state index contributed by atoms with van der Waals surface area (Å²) in [5.41, 5.74) is 5.81. The smallest absolute Gasteiger partial charge is 0.232 e. The Hall–Kier alpha value is -3.08. The second-order valence-corrected chi connectivity index (χ2v) is 8.86. The van der Waals surface area contributed by atoms with Crippen LogP contribution in [-0.4, -0.2) is 24.0 Å². The number of nitrogens with zero attached hydrogens (tertiary/aromatic N) is 1. The summed E-state index contributed by atoms with van der Waals surface area (Å²) < 4.78 is 12.2. The molecule has 0 aromatic heterocycles. The Balaban J connectivity index is 1.39. The molecule has 3 aromatic rings. The highest BCUT2D eigenvalue weighted by Crippen LogP contribution is 2.44. The highest BCUT2D eigenvalue weighted by atomic mass is 35.5. The molecule has 0 aliphatic carbocycles. The van der Waals surface area contributed by atoms with Crippen molar-refractivity contribution in [1.82, 2.24) is 4.90 Å². The lowest BCUT2D eigenvalue weighted by atomic mass is 9.98. The minimum Gasteiger partial charge on any atom is -0.478 e. The average Bonchev–Trinajstić information content (AvgIpc) is 3.12. The number of halogens is 1. The van der Waals surface area contributed by atoms with E-state index in [2.05, 4.69) is 4.90 Å². The molecule has 0 radical (unpaired) electrons. The van der Waals surface area contributed by atoms with Gasteiger partial charge in [0.2, 0.25) is 5.78 Å². The molecule has 0 atom stereocenters. The van der Waals surface area contributed by atoms with Crippen LogP contribution >= 0.6 is 11.6 Å². The summed E-state index contributed by atoms with van der Waals surface area (Å²) in [6.45, 7) is 6.00. The highest BCUT2D eigenvalue weighted by Gasteiger charge is 2.35. The van der Waals surface area contributed by atoms with Gasteiger partial charge in [-0.3, -0.25) is 9.69 Å². The molecule has 0 saturated heterocycles. The predicted octanol–water partition coefficient (Wildman–Crippen LogP) is 5.97. The van der Waals surface area contributed by atoms with Crippen LogP contribution in [0.5, 0.6) is 11.5 Å². The topological polar surface area (TPSA) is 38.8 Å². The molecule has 162 valence electrons. The van der Waals surface area contributed by atoms with Crippen LogP contribution < -0.4 is 9.47 Å². The second-order valence-electron chi connectivity index (χ2n) is 8.43. The molecule has 2 aliphatic rings. The number of carbonyl (C=O) groups excluding carboxylic acids is 1. The first-order chi connectivity index (χ1) is 15.5. The number of allylic oxidation sites excluding steroid dienone is 1. The zero-order valence-electron chi connectivity index (χ0n) is 18.2. The Kier molecular flexibility index (Phi) is 5.50. The maximum atomic E-state index is 13.1. The first-order valence-corrected chi connectivity index (χ1v) is 11.1. The SMILES string of the molecule is Cc1ccc(/C=C2/Oc3c4c(cc(C)c3C2=O)OCN(CCc2ccc(Cl)cc2)C4)cc1. The van der Waals surface area contributed by atoms with Crippen molar-refractivity contribution in [2.24, 2.45) is 0 Å². The van der Waals surface area contributed by atoms with E-state index in [4.69, 9.17) is 21.1 Å². The van der Waals surface area contributed by atoms with Gasteiger partial charge in [-0.05, 0) is 61.2 Å². The number of hydrogen-bond acceptors (Lipinski definition) is 4. The average molecular weight is 446 g/mol. The number of carbonyl (C=O) groups is 1. The number of Topliss-reactive ketones (excluding diaryl/α,β-unsaturated/α-hetero) is 1. The third kappa shape index (κ3) is 4.04. The van der Waals surface area contributed by atoms with Gasteiger partial charge in [-0.25, -0.2) is 0 Å². The summed E-state index contributed by atoms with van der Waals surface area (Å²) in [6, 6.07) is 17.9. The molecule has 3 aromatic carbocycles. The number of fused-ring (bicyclic) bond motifs is 3. The van der Waals surface area contributed by atoms with Crippen LogP contribution in [0, 0.1) is 13.8 Å².